The average molecular weight is 262 g/mol. The molecule has 3 nitrogen and oxygen atoms in total. The molecule has 0 saturated heterocycles. The maximum Gasteiger partial charge on any atom is 0.124 e. The van der Waals surface area contributed by atoms with E-state index in [0.717, 1.165) is 34.0 Å². The zero-order chi connectivity index (χ0) is 13.2. The predicted molar refractivity (Wildman–Crippen MR) is 74.6 cm³/mol. The number of pyridine rings is 1. The highest BCUT2D eigenvalue weighted by atomic mass is 32.1. The van der Waals surface area contributed by atoms with E-state index in [9.17, 15) is 5.11 Å². The van der Waals surface area contributed by atoms with Crippen LogP contribution in [0.5, 0.6) is 0 Å². The molecule has 0 radical (unpaired) electrons. The van der Waals surface area contributed by atoms with Crippen LogP contribution in [0.3, 0.4) is 0 Å². The molecule has 2 aromatic rings. The van der Waals surface area contributed by atoms with Gasteiger partial charge in [0.15, 0.2) is 0 Å². The summed E-state index contributed by atoms with van der Waals surface area (Å²) in [5, 5.41) is 11.2. The Bertz CT molecular complexity index is 514. The van der Waals surface area contributed by atoms with E-state index in [4.69, 9.17) is 0 Å². The van der Waals surface area contributed by atoms with E-state index in [1.807, 2.05) is 26.0 Å². The van der Waals surface area contributed by atoms with Crippen LogP contribution in [-0.4, -0.2) is 15.1 Å². The molecule has 0 saturated carbocycles. The Morgan fingerprint density at radius 3 is 2.50 bits per heavy atom. The number of aryl methyl sites for hydroxylation is 1. The summed E-state index contributed by atoms with van der Waals surface area (Å²) >= 11 is 1.57. The van der Waals surface area contributed by atoms with Crippen LogP contribution in [0.2, 0.25) is 0 Å². The minimum Gasteiger partial charge on any atom is -0.385 e. The van der Waals surface area contributed by atoms with Crippen LogP contribution >= 0.6 is 11.3 Å². The molecule has 0 spiro atoms. The summed E-state index contributed by atoms with van der Waals surface area (Å²) in [4.78, 5) is 9.65. The van der Waals surface area contributed by atoms with E-state index in [2.05, 4.69) is 16.9 Å². The van der Waals surface area contributed by atoms with Crippen molar-refractivity contribution in [1.82, 2.24) is 9.97 Å². The standard InChI is InChI=1S/C14H18N2OS/c1-4-5-11-12(14(2,3)17)18-13(16-11)10-6-8-15-9-7-10/h6-9,17H,4-5H2,1-3H3. The van der Waals surface area contributed by atoms with Gasteiger partial charge in [-0.1, -0.05) is 13.3 Å². The molecule has 1 N–H and O–H groups in total. The minimum atomic E-state index is -0.826. The second-order valence-electron chi connectivity index (χ2n) is 4.84. The van der Waals surface area contributed by atoms with Crippen molar-refractivity contribution in [3.8, 4) is 10.6 Å². The molecule has 0 unspecified atom stereocenters. The molecule has 0 aliphatic carbocycles. The van der Waals surface area contributed by atoms with Crippen LogP contribution in [0.1, 0.15) is 37.8 Å². The van der Waals surface area contributed by atoms with Crippen molar-refractivity contribution in [3.05, 3.63) is 35.1 Å². The van der Waals surface area contributed by atoms with E-state index < -0.39 is 5.60 Å². The SMILES string of the molecule is CCCc1nc(-c2ccncc2)sc1C(C)(C)O. The second-order valence-corrected chi connectivity index (χ2v) is 5.84. The highest BCUT2D eigenvalue weighted by Crippen LogP contribution is 2.35. The van der Waals surface area contributed by atoms with Gasteiger partial charge in [-0.2, -0.15) is 0 Å². The van der Waals surface area contributed by atoms with Crippen LogP contribution < -0.4 is 0 Å². The number of thiazole rings is 1. The first-order chi connectivity index (χ1) is 8.52. The lowest BCUT2D eigenvalue weighted by atomic mass is 10.0. The Balaban J connectivity index is 2.46. The van der Waals surface area contributed by atoms with Gasteiger partial charge >= 0.3 is 0 Å². The molecule has 0 aliphatic heterocycles. The first-order valence-corrected chi connectivity index (χ1v) is 6.97. The highest BCUT2D eigenvalue weighted by molar-refractivity contribution is 7.15. The summed E-state index contributed by atoms with van der Waals surface area (Å²) in [6.07, 6.45) is 5.46. The Morgan fingerprint density at radius 1 is 1.28 bits per heavy atom. The fourth-order valence-electron chi connectivity index (χ4n) is 1.85. The molecule has 0 fully saturated rings. The molecule has 0 amide bonds. The average Bonchev–Trinajstić information content (AvgIpc) is 2.75. The molecule has 96 valence electrons. The van der Waals surface area contributed by atoms with Crippen molar-refractivity contribution < 1.29 is 5.11 Å². The van der Waals surface area contributed by atoms with E-state index in [-0.39, 0.29) is 0 Å². The topological polar surface area (TPSA) is 46.0 Å². The third kappa shape index (κ3) is 2.76. The van der Waals surface area contributed by atoms with Gasteiger partial charge in [-0.05, 0) is 32.4 Å². The summed E-state index contributed by atoms with van der Waals surface area (Å²) in [5.41, 5.74) is 1.25. The lowest BCUT2D eigenvalue weighted by molar-refractivity contribution is 0.0813. The van der Waals surface area contributed by atoms with Gasteiger partial charge in [0, 0.05) is 18.0 Å². The van der Waals surface area contributed by atoms with Gasteiger partial charge in [0.2, 0.25) is 0 Å². The lowest BCUT2D eigenvalue weighted by Crippen LogP contribution is -2.15. The fraction of sp³-hybridized carbons (Fsp3) is 0.429. The van der Waals surface area contributed by atoms with Gasteiger partial charge in [0.05, 0.1) is 16.2 Å². The number of aromatic nitrogens is 2. The monoisotopic (exact) mass is 262 g/mol. The van der Waals surface area contributed by atoms with Gasteiger partial charge in [0.25, 0.3) is 0 Å². The smallest absolute Gasteiger partial charge is 0.124 e. The number of nitrogens with zero attached hydrogens (tertiary/aromatic N) is 2. The van der Waals surface area contributed by atoms with Crippen LogP contribution in [-0.2, 0) is 12.0 Å². The largest absolute Gasteiger partial charge is 0.385 e. The first kappa shape index (κ1) is 13.2. The van der Waals surface area contributed by atoms with Gasteiger partial charge < -0.3 is 5.11 Å². The number of hydrogen-bond acceptors (Lipinski definition) is 4. The summed E-state index contributed by atoms with van der Waals surface area (Å²) in [6, 6.07) is 3.89. The molecule has 0 aliphatic rings. The van der Waals surface area contributed by atoms with Crippen molar-refractivity contribution in [1.29, 1.82) is 0 Å². The summed E-state index contributed by atoms with van der Waals surface area (Å²) in [7, 11) is 0. The van der Waals surface area contributed by atoms with Gasteiger partial charge in [-0.3, -0.25) is 4.98 Å². The maximum atomic E-state index is 10.2. The molecule has 4 heteroatoms. The molecule has 2 aromatic heterocycles. The second kappa shape index (κ2) is 5.16. The van der Waals surface area contributed by atoms with Crippen LogP contribution in [0, 0.1) is 0 Å². The Labute approximate surface area is 112 Å². The maximum absolute atomic E-state index is 10.2. The molecule has 18 heavy (non-hydrogen) atoms. The Kier molecular flexibility index (Phi) is 3.78. The van der Waals surface area contributed by atoms with E-state index in [0.29, 0.717) is 0 Å². The third-order valence-corrected chi connectivity index (χ3v) is 4.13. The lowest BCUT2D eigenvalue weighted by Gasteiger charge is -2.16. The van der Waals surface area contributed by atoms with Crippen molar-refractivity contribution in [3.63, 3.8) is 0 Å². The third-order valence-electron chi connectivity index (χ3n) is 2.67. The molecular weight excluding hydrogens is 244 g/mol. The van der Waals surface area contributed by atoms with Crippen molar-refractivity contribution in [2.24, 2.45) is 0 Å². The Hall–Kier alpha value is -1.26. The van der Waals surface area contributed by atoms with Crippen molar-refractivity contribution in [2.75, 3.05) is 0 Å². The van der Waals surface area contributed by atoms with E-state index in [1.165, 1.54) is 0 Å². The molecule has 2 rings (SSSR count). The zero-order valence-corrected chi connectivity index (χ0v) is 11.8. The number of rotatable bonds is 4. The molecule has 0 aromatic carbocycles. The van der Waals surface area contributed by atoms with Gasteiger partial charge in [0.1, 0.15) is 5.01 Å². The number of aliphatic hydroxyl groups is 1. The highest BCUT2D eigenvalue weighted by Gasteiger charge is 2.24. The minimum absolute atomic E-state index is 0.826. The van der Waals surface area contributed by atoms with Crippen LogP contribution in [0.4, 0.5) is 0 Å². The van der Waals surface area contributed by atoms with Gasteiger partial charge in [-0.25, -0.2) is 4.98 Å². The van der Waals surface area contributed by atoms with E-state index in [1.54, 1.807) is 23.7 Å². The van der Waals surface area contributed by atoms with Crippen molar-refractivity contribution >= 4 is 11.3 Å². The molecule has 0 bridgehead atoms. The van der Waals surface area contributed by atoms with Crippen molar-refractivity contribution in [2.45, 2.75) is 39.2 Å². The normalized spacial score (nSPS) is 11.8. The Morgan fingerprint density at radius 2 is 1.94 bits per heavy atom. The predicted octanol–water partition coefficient (Wildman–Crippen LogP) is 3.39. The fourth-order valence-corrected chi connectivity index (χ4v) is 2.97. The molecular formula is C14H18N2OS. The number of hydrogen-bond donors (Lipinski definition) is 1. The summed E-state index contributed by atoms with van der Waals surface area (Å²) in [5.74, 6) is 0. The van der Waals surface area contributed by atoms with Crippen LogP contribution in [0.15, 0.2) is 24.5 Å². The quantitative estimate of drug-likeness (QED) is 0.918. The zero-order valence-electron chi connectivity index (χ0n) is 11.0. The van der Waals surface area contributed by atoms with Crippen LogP contribution in [0.25, 0.3) is 10.6 Å². The summed E-state index contributed by atoms with van der Waals surface area (Å²) < 4.78 is 0. The molecule has 0 atom stereocenters. The summed E-state index contributed by atoms with van der Waals surface area (Å²) in [6.45, 7) is 5.76. The first-order valence-electron chi connectivity index (χ1n) is 6.15. The van der Waals surface area contributed by atoms with E-state index >= 15 is 0 Å². The van der Waals surface area contributed by atoms with Gasteiger partial charge in [-0.15, -0.1) is 11.3 Å². The molecule has 2 heterocycles.